The maximum absolute atomic E-state index is 12.1. The second kappa shape index (κ2) is 6.93. The Hall–Kier alpha value is -2.04. The Balaban J connectivity index is 2.79. The molecule has 1 aromatic rings. The zero-order valence-corrected chi connectivity index (χ0v) is 12.4. The molecule has 20 heavy (non-hydrogen) atoms. The monoisotopic (exact) mass is 279 g/mol. The van der Waals surface area contributed by atoms with Crippen LogP contribution in [0.2, 0.25) is 0 Å². The van der Waals surface area contributed by atoms with E-state index in [2.05, 4.69) is 4.74 Å². The van der Waals surface area contributed by atoms with Crippen molar-refractivity contribution in [3.8, 4) is 0 Å². The minimum absolute atomic E-state index is 0.139. The lowest BCUT2D eigenvalue weighted by Gasteiger charge is -2.26. The molecular weight excluding hydrogens is 258 g/mol. The van der Waals surface area contributed by atoms with Gasteiger partial charge in [0.25, 0.3) is 0 Å². The van der Waals surface area contributed by atoms with E-state index >= 15 is 0 Å². The van der Waals surface area contributed by atoms with Crippen molar-refractivity contribution in [3.05, 3.63) is 35.9 Å². The fraction of sp³-hybridized carbons (Fsp3) is 0.467. The lowest BCUT2D eigenvalue weighted by atomic mass is 10.2. The van der Waals surface area contributed by atoms with Crippen molar-refractivity contribution in [2.75, 3.05) is 13.7 Å². The third-order valence-corrected chi connectivity index (χ3v) is 2.42. The zero-order valence-electron chi connectivity index (χ0n) is 12.4. The van der Waals surface area contributed by atoms with Gasteiger partial charge in [-0.05, 0) is 26.3 Å². The molecule has 1 aromatic carbocycles. The second-order valence-corrected chi connectivity index (χ2v) is 5.40. The van der Waals surface area contributed by atoms with Gasteiger partial charge in [0.2, 0.25) is 0 Å². The molecule has 0 unspecified atom stereocenters. The molecule has 0 radical (unpaired) electrons. The number of carbonyl (C=O) groups is 2. The molecule has 0 aromatic heterocycles. The highest BCUT2D eigenvalue weighted by Crippen LogP contribution is 2.12. The van der Waals surface area contributed by atoms with Gasteiger partial charge in [-0.25, -0.2) is 4.79 Å². The number of benzene rings is 1. The van der Waals surface area contributed by atoms with Crippen molar-refractivity contribution in [1.29, 1.82) is 0 Å². The average Bonchev–Trinajstić information content (AvgIpc) is 2.37. The smallest absolute Gasteiger partial charge is 0.411 e. The number of hydrogen-bond donors (Lipinski definition) is 0. The third-order valence-electron chi connectivity index (χ3n) is 2.42. The summed E-state index contributed by atoms with van der Waals surface area (Å²) in [4.78, 5) is 24.8. The average molecular weight is 279 g/mol. The van der Waals surface area contributed by atoms with Crippen LogP contribution in [-0.2, 0) is 20.8 Å². The summed E-state index contributed by atoms with van der Waals surface area (Å²) in [5, 5.41) is 0. The van der Waals surface area contributed by atoms with Crippen molar-refractivity contribution < 1.29 is 19.1 Å². The van der Waals surface area contributed by atoms with Gasteiger partial charge >= 0.3 is 12.1 Å². The molecule has 1 amide bonds. The summed E-state index contributed by atoms with van der Waals surface area (Å²) in [6.45, 7) is 5.50. The minimum atomic E-state index is -0.609. The lowest BCUT2D eigenvalue weighted by Crippen LogP contribution is -2.39. The van der Waals surface area contributed by atoms with Crippen LogP contribution in [0.5, 0.6) is 0 Å². The molecule has 0 fully saturated rings. The minimum Gasteiger partial charge on any atom is -0.468 e. The molecule has 5 heteroatoms. The maximum atomic E-state index is 12.1. The fourth-order valence-electron chi connectivity index (χ4n) is 1.54. The van der Waals surface area contributed by atoms with Gasteiger partial charge in [-0.3, -0.25) is 9.69 Å². The van der Waals surface area contributed by atoms with E-state index in [0.29, 0.717) is 6.54 Å². The summed E-state index contributed by atoms with van der Waals surface area (Å²) >= 11 is 0. The van der Waals surface area contributed by atoms with Crippen LogP contribution in [0, 0.1) is 0 Å². The van der Waals surface area contributed by atoms with Gasteiger partial charge < -0.3 is 9.47 Å². The highest BCUT2D eigenvalue weighted by molar-refractivity contribution is 5.78. The number of carbonyl (C=O) groups excluding carboxylic acids is 2. The van der Waals surface area contributed by atoms with Crippen LogP contribution in [-0.4, -0.2) is 36.2 Å². The van der Waals surface area contributed by atoms with Gasteiger partial charge in [-0.2, -0.15) is 0 Å². The summed E-state index contributed by atoms with van der Waals surface area (Å²) in [5.41, 5.74) is 0.310. The van der Waals surface area contributed by atoms with E-state index in [0.717, 1.165) is 5.56 Å². The van der Waals surface area contributed by atoms with Crippen molar-refractivity contribution in [1.82, 2.24) is 4.90 Å². The SMILES string of the molecule is COC(=O)CN(Cc1ccccc1)C(=O)OC(C)(C)C. The topological polar surface area (TPSA) is 55.8 Å². The Bertz CT molecular complexity index is 451. The van der Waals surface area contributed by atoms with Gasteiger partial charge in [-0.1, -0.05) is 30.3 Å². The van der Waals surface area contributed by atoms with E-state index in [1.54, 1.807) is 20.8 Å². The first-order valence-corrected chi connectivity index (χ1v) is 6.40. The van der Waals surface area contributed by atoms with E-state index in [4.69, 9.17) is 4.74 Å². The molecule has 0 saturated carbocycles. The van der Waals surface area contributed by atoms with Crippen LogP contribution in [0.25, 0.3) is 0 Å². The molecule has 0 saturated heterocycles. The molecule has 0 N–H and O–H groups in total. The lowest BCUT2D eigenvalue weighted by molar-refractivity contribution is -0.142. The molecule has 0 atom stereocenters. The van der Waals surface area contributed by atoms with Crippen molar-refractivity contribution in [2.24, 2.45) is 0 Å². The molecule has 5 nitrogen and oxygen atoms in total. The normalized spacial score (nSPS) is 10.8. The van der Waals surface area contributed by atoms with Crippen LogP contribution in [0.1, 0.15) is 26.3 Å². The first-order valence-electron chi connectivity index (χ1n) is 6.40. The Kier molecular flexibility index (Phi) is 5.55. The van der Waals surface area contributed by atoms with Crippen molar-refractivity contribution in [3.63, 3.8) is 0 Å². The predicted molar refractivity (Wildman–Crippen MR) is 75.1 cm³/mol. The van der Waals surface area contributed by atoms with E-state index in [-0.39, 0.29) is 6.54 Å². The van der Waals surface area contributed by atoms with Gasteiger partial charge in [0.15, 0.2) is 0 Å². The van der Waals surface area contributed by atoms with Crippen LogP contribution in [0.4, 0.5) is 4.79 Å². The Morgan fingerprint density at radius 3 is 2.25 bits per heavy atom. The number of esters is 1. The standard InChI is InChI=1S/C15H21NO4/c1-15(2,3)20-14(18)16(11-13(17)19-4)10-12-8-6-5-7-9-12/h5-9H,10-11H2,1-4H3. The number of rotatable bonds is 4. The number of ether oxygens (including phenoxy) is 2. The highest BCUT2D eigenvalue weighted by Gasteiger charge is 2.24. The molecule has 0 aliphatic rings. The second-order valence-electron chi connectivity index (χ2n) is 5.40. The first-order chi connectivity index (χ1) is 9.31. The van der Waals surface area contributed by atoms with Gasteiger partial charge in [-0.15, -0.1) is 0 Å². The quantitative estimate of drug-likeness (QED) is 0.795. The number of amides is 1. The molecule has 1 rings (SSSR count). The summed E-state index contributed by atoms with van der Waals surface area (Å²) in [6.07, 6.45) is -0.535. The van der Waals surface area contributed by atoms with Crippen LogP contribution < -0.4 is 0 Å². The molecule has 110 valence electrons. The largest absolute Gasteiger partial charge is 0.468 e. The first kappa shape index (κ1) is 16.0. The van der Waals surface area contributed by atoms with Crippen LogP contribution in [0.3, 0.4) is 0 Å². The molecule has 0 aliphatic carbocycles. The summed E-state index contributed by atoms with van der Waals surface area (Å²) < 4.78 is 9.91. The summed E-state index contributed by atoms with van der Waals surface area (Å²) in [7, 11) is 1.29. The van der Waals surface area contributed by atoms with E-state index < -0.39 is 17.7 Å². The number of hydrogen-bond acceptors (Lipinski definition) is 4. The van der Waals surface area contributed by atoms with E-state index in [1.807, 2.05) is 30.3 Å². The number of methoxy groups -OCH3 is 1. The summed E-state index contributed by atoms with van der Waals surface area (Å²) in [6, 6.07) is 9.41. The molecule has 0 bridgehead atoms. The fourth-order valence-corrected chi connectivity index (χ4v) is 1.54. The van der Waals surface area contributed by atoms with E-state index in [9.17, 15) is 9.59 Å². The molecule has 0 spiro atoms. The highest BCUT2D eigenvalue weighted by atomic mass is 16.6. The zero-order chi connectivity index (χ0) is 15.2. The molecule has 0 aliphatic heterocycles. The van der Waals surface area contributed by atoms with Crippen molar-refractivity contribution >= 4 is 12.1 Å². The maximum Gasteiger partial charge on any atom is 0.411 e. The van der Waals surface area contributed by atoms with Gasteiger partial charge in [0.05, 0.1) is 7.11 Å². The molecular formula is C15H21NO4. The predicted octanol–water partition coefficient (Wildman–Crippen LogP) is 2.60. The van der Waals surface area contributed by atoms with Crippen molar-refractivity contribution in [2.45, 2.75) is 32.9 Å². The van der Waals surface area contributed by atoms with E-state index in [1.165, 1.54) is 12.0 Å². The number of nitrogens with zero attached hydrogens (tertiary/aromatic N) is 1. The van der Waals surface area contributed by atoms with Gasteiger partial charge in [0, 0.05) is 6.54 Å². The summed E-state index contributed by atoms with van der Waals surface area (Å²) in [5.74, 6) is -0.480. The Labute approximate surface area is 119 Å². The molecule has 0 heterocycles. The van der Waals surface area contributed by atoms with Crippen LogP contribution in [0.15, 0.2) is 30.3 Å². The Morgan fingerprint density at radius 1 is 1.15 bits per heavy atom. The van der Waals surface area contributed by atoms with Crippen LogP contribution >= 0.6 is 0 Å². The van der Waals surface area contributed by atoms with Gasteiger partial charge in [0.1, 0.15) is 12.1 Å². The Morgan fingerprint density at radius 2 is 1.75 bits per heavy atom. The third kappa shape index (κ3) is 5.73.